The summed E-state index contributed by atoms with van der Waals surface area (Å²) < 4.78 is 0. The molecule has 0 radical (unpaired) electrons. The Morgan fingerprint density at radius 3 is 2.94 bits per heavy atom. The van der Waals surface area contributed by atoms with Gasteiger partial charge in [0.25, 0.3) is 0 Å². The van der Waals surface area contributed by atoms with Gasteiger partial charge < -0.3 is 5.11 Å². The van der Waals surface area contributed by atoms with Gasteiger partial charge >= 0.3 is 0 Å². The van der Waals surface area contributed by atoms with Crippen LogP contribution in [0.4, 0.5) is 0 Å². The molecule has 2 aromatic rings. The fourth-order valence-corrected chi connectivity index (χ4v) is 2.63. The minimum atomic E-state index is -0.300. The van der Waals surface area contributed by atoms with Crippen LogP contribution in [0.2, 0.25) is 0 Å². The van der Waals surface area contributed by atoms with E-state index >= 15 is 0 Å². The second-order valence-corrected chi connectivity index (χ2v) is 5.17. The van der Waals surface area contributed by atoms with E-state index in [-0.39, 0.29) is 6.10 Å². The lowest BCUT2D eigenvalue weighted by Crippen LogP contribution is -2.01. The molecular weight excluding hydrogens is 218 g/mol. The second kappa shape index (κ2) is 4.76. The highest BCUT2D eigenvalue weighted by molar-refractivity contribution is 7.15. The summed E-state index contributed by atoms with van der Waals surface area (Å²) in [6.45, 7) is 3.87. The Balaban J connectivity index is 2.24. The Kier molecular flexibility index (Phi) is 3.36. The van der Waals surface area contributed by atoms with E-state index < -0.39 is 0 Å². The number of aliphatic hydroxyl groups is 1. The Bertz CT molecular complexity index is 476. The number of hydrogen-bond donors (Lipinski definition) is 1. The van der Waals surface area contributed by atoms with Crippen molar-refractivity contribution < 1.29 is 5.11 Å². The third-order valence-corrected chi connectivity index (χ3v) is 3.38. The van der Waals surface area contributed by atoms with Gasteiger partial charge in [-0.2, -0.15) is 0 Å². The first-order valence-corrected chi connectivity index (χ1v) is 6.16. The molecule has 1 aromatic heterocycles. The van der Waals surface area contributed by atoms with E-state index in [4.69, 9.17) is 0 Å². The first-order chi connectivity index (χ1) is 7.65. The molecule has 0 fully saturated rings. The van der Waals surface area contributed by atoms with Crippen molar-refractivity contribution in [3.05, 3.63) is 40.9 Å². The quantitative estimate of drug-likeness (QED) is 0.884. The number of hydrogen-bond acceptors (Lipinski definition) is 3. The molecule has 2 rings (SSSR count). The summed E-state index contributed by atoms with van der Waals surface area (Å²) in [4.78, 5) is 5.52. The van der Waals surface area contributed by atoms with Gasteiger partial charge in [0.05, 0.1) is 6.10 Å². The molecular formula is C13H15NOS. The molecule has 0 aliphatic heterocycles. The van der Waals surface area contributed by atoms with Crippen LogP contribution in [0, 0.1) is 6.92 Å². The molecule has 0 amide bonds. The summed E-state index contributed by atoms with van der Waals surface area (Å²) in [5, 5.41) is 10.3. The van der Waals surface area contributed by atoms with E-state index in [9.17, 15) is 5.11 Å². The van der Waals surface area contributed by atoms with Crippen molar-refractivity contribution in [3.63, 3.8) is 0 Å². The van der Waals surface area contributed by atoms with Crippen molar-refractivity contribution in [2.24, 2.45) is 0 Å². The van der Waals surface area contributed by atoms with Crippen molar-refractivity contribution >= 4 is 11.3 Å². The predicted molar refractivity (Wildman–Crippen MR) is 67.7 cm³/mol. The monoisotopic (exact) mass is 233 g/mol. The lowest BCUT2D eigenvalue weighted by atomic mass is 10.1. The molecule has 1 heterocycles. The second-order valence-electron chi connectivity index (χ2n) is 4.05. The van der Waals surface area contributed by atoms with Crippen molar-refractivity contribution in [1.29, 1.82) is 0 Å². The zero-order valence-electron chi connectivity index (χ0n) is 9.47. The SMILES string of the molecule is Cc1cccc(-c2ncc(CC(C)O)s2)c1. The fraction of sp³-hybridized carbons (Fsp3) is 0.308. The first kappa shape index (κ1) is 11.3. The van der Waals surface area contributed by atoms with Gasteiger partial charge in [-0.3, -0.25) is 0 Å². The number of nitrogens with zero attached hydrogens (tertiary/aromatic N) is 1. The molecule has 1 atom stereocenters. The molecule has 3 heteroatoms. The van der Waals surface area contributed by atoms with Crippen molar-refractivity contribution in [3.8, 4) is 10.6 Å². The molecule has 84 valence electrons. The van der Waals surface area contributed by atoms with Crippen LogP contribution in [0.3, 0.4) is 0 Å². The molecule has 1 unspecified atom stereocenters. The standard InChI is InChI=1S/C13H15NOS/c1-9-4-3-5-11(6-9)13-14-8-12(16-13)7-10(2)15/h3-6,8,10,15H,7H2,1-2H3. The van der Waals surface area contributed by atoms with Crippen LogP contribution < -0.4 is 0 Å². The minimum absolute atomic E-state index is 0.300. The van der Waals surface area contributed by atoms with Gasteiger partial charge in [-0.25, -0.2) is 4.98 Å². The van der Waals surface area contributed by atoms with E-state index in [0.717, 1.165) is 15.4 Å². The lowest BCUT2D eigenvalue weighted by Gasteiger charge is -1.99. The van der Waals surface area contributed by atoms with Crippen molar-refractivity contribution in [2.45, 2.75) is 26.4 Å². The van der Waals surface area contributed by atoms with Gasteiger partial charge in [-0.05, 0) is 19.9 Å². The van der Waals surface area contributed by atoms with E-state index in [1.165, 1.54) is 5.56 Å². The van der Waals surface area contributed by atoms with E-state index in [1.807, 2.05) is 12.3 Å². The molecule has 0 aliphatic carbocycles. The van der Waals surface area contributed by atoms with Crippen LogP contribution in [0.15, 0.2) is 30.5 Å². The molecule has 1 N–H and O–H groups in total. The molecule has 0 aliphatic rings. The average Bonchev–Trinajstić information content (AvgIpc) is 2.65. The maximum Gasteiger partial charge on any atom is 0.123 e. The summed E-state index contributed by atoms with van der Waals surface area (Å²) in [7, 11) is 0. The molecule has 0 bridgehead atoms. The third kappa shape index (κ3) is 2.68. The lowest BCUT2D eigenvalue weighted by molar-refractivity contribution is 0.196. The molecule has 2 nitrogen and oxygen atoms in total. The molecule has 0 saturated carbocycles. The molecule has 0 saturated heterocycles. The van der Waals surface area contributed by atoms with Crippen molar-refractivity contribution in [2.75, 3.05) is 0 Å². The van der Waals surface area contributed by atoms with Gasteiger partial charge in [0, 0.05) is 23.1 Å². The Hall–Kier alpha value is -1.19. The number of thiazole rings is 1. The highest BCUT2D eigenvalue weighted by atomic mass is 32.1. The Morgan fingerprint density at radius 2 is 2.25 bits per heavy atom. The van der Waals surface area contributed by atoms with Crippen LogP contribution in [0.1, 0.15) is 17.4 Å². The third-order valence-electron chi connectivity index (χ3n) is 2.32. The fourth-order valence-electron chi connectivity index (χ4n) is 1.60. The zero-order chi connectivity index (χ0) is 11.5. The average molecular weight is 233 g/mol. The van der Waals surface area contributed by atoms with Crippen LogP contribution in [0.5, 0.6) is 0 Å². The molecule has 1 aromatic carbocycles. The minimum Gasteiger partial charge on any atom is -0.393 e. The number of aryl methyl sites for hydroxylation is 1. The maximum absolute atomic E-state index is 9.31. The highest BCUT2D eigenvalue weighted by Crippen LogP contribution is 2.26. The predicted octanol–water partition coefficient (Wildman–Crippen LogP) is 3.04. The summed E-state index contributed by atoms with van der Waals surface area (Å²) in [6, 6.07) is 8.32. The first-order valence-electron chi connectivity index (χ1n) is 5.35. The van der Waals surface area contributed by atoms with Gasteiger partial charge in [0.15, 0.2) is 0 Å². The Morgan fingerprint density at radius 1 is 1.44 bits per heavy atom. The van der Waals surface area contributed by atoms with E-state index in [0.29, 0.717) is 6.42 Å². The van der Waals surface area contributed by atoms with Crippen LogP contribution in [0.25, 0.3) is 10.6 Å². The topological polar surface area (TPSA) is 33.1 Å². The number of aromatic nitrogens is 1. The van der Waals surface area contributed by atoms with Crippen LogP contribution >= 0.6 is 11.3 Å². The summed E-state index contributed by atoms with van der Waals surface area (Å²) in [6.07, 6.45) is 2.24. The summed E-state index contributed by atoms with van der Waals surface area (Å²) in [5.41, 5.74) is 2.40. The smallest absolute Gasteiger partial charge is 0.123 e. The summed E-state index contributed by atoms with van der Waals surface area (Å²) >= 11 is 1.65. The highest BCUT2D eigenvalue weighted by Gasteiger charge is 2.06. The maximum atomic E-state index is 9.31. The molecule has 16 heavy (non-hydrogen) atoms. The molecule has 0 spiro atoms. The Labute approximate surface area is 99.6 Å². The normalized spacial score (nSPS) is 12.7. The van der Waals surface area contributed by atoms with E-state index in [2.05, 4.69) is 30.1 Å². The van der Waals surface area contributed by atoms with Crippen molar-refractivity contribution in [1.82, 2.24) is 4.98 Å². The van der Waals surface area contributed by atoms with Gasteiger partial charge in [-0.1, -0.05) is 23.8 Å². The number of benzene rings is 1. The zero-order valence-corrected chi connectivity index (χ0v) is 10.3. The van der Waals surface area contributed by atoms with E-state index in [1.54, 1.807) is 18.3 Å². The number of rotatable bonds is 3. The number of aliphatic hydroxyl groups excluding tert-OH is 1. The van der Waals surface area contributed by atoms with Crippen LogP contribution in [-0.4, -0.2) is 16.2 Å². The summed E-state index contributed by atoms with van der Waals surface area (Å²) in [5.74, 6) is 0. The van der Waals surface area contributed by atoms with Gasteiger partial charge in [0.1, 0.15) is 5.01 Å². The van der Waals surface area contributed by atoms with Crippen LogP contribution in [-0.2, 0) is 6.42 Å². The van der Waals surface area contributed by atoms with Gasteiger partial charge in [0.2, 0.25) is 0 Å². The largest absolute Gasteiger partial charge is 0.393 e. The van der Waals surface area contributed by atoms with Gasteiger partial charge in [-0.15, -0.1) is 11.3 Å².